The molecule has 134 valence electrons. The Morgan fingerprint density at radius 3 is 2.56 bits per heavy atom. The van der Waals surface area contributed by atoms with Gasteiger partial charge in [-0.2, -0.15) is 0 Å². The fourth-order valence-electron chi connectivity index (χ4n) is 7.29. The molecule has 3 fully saturated rings. The zero-order chi connectivity index (χ0) is 17.4. The summed E-state index contributed by atoms with van der Waals surface area (Å²) in [5.41, 5.74) is 1.32. The first-order valence-electron chi connectivity index (χ1n) is 10.0. The molecule has 0 amide bonds. The van der Waals surface area contributed by atoms with Crippen LogP contribution in [0.2, 0.25) is 0 Å². The zero-order valence-electron chi connectivity index (χ0n) is 15.3. The maximum Gasteiger partial charge on any atom is 0.306 e. The Balaban J connectivity index is 1.53. The van der Waals surface area contributed by atoms with Gasteiger partial charge in [-0.05, 0) is 73.3 Å². The Morgan fingerprint density at radius 1 is 1.00 bits per heavy atom. The van der Waals surface area contributed by atoms with Crippen LogP contribution in [-0.2, 0) is 14.3 Å². The smallest absolute Gasteiger partial charge is 0.306 e. The number of carbonyl (C=O) groups excluding carboxylic acids is 2. The number of carbonyl (C=O) groups is 2. The van der Waals surface area contributed by atoms with Crippen LogP contribution >= 0.6 is 0 Å². The van der Waals surface area contributed by atoms with Gasteiger partial charge in [0.25, 0.3) is 0 Å². The van der Waals surface area contributed by atoms with Crippen LogP contribution < -0.4 is 0 Å². The summed E-state index contributed by atoms with van der Waals surface area (Å²) in [4.78, 5) is 23.8. The SMILES string of the molecule is C[C@]12CCC(=O)C=C1C=C[C@@H]1C2CC[C@@]2(C)C1CCC21CCC(=O)O1. The number of esters is 1. The van der Waals surface area contributed by atoms with Gasteiger partial charge >= 0.3 is 5.97 Å². The van der Waals surface area contributed by atoms with Crippen molar-refractivity contribution >= 4 is 11.8 Å². The second-order valence-electron chi connectivity index (χ2n) is 9.60. The molecule has 1 heterocycles. The van der Waals surface area contributed by atoms with Gasteiger partial charge in [0.05, 0.1) is 0 Å². The van der Waals surface area contributed by atoms with Gasteiger partial charge in [-0.1, -0.05) is 26.0 Å². The van der Waals surface area contributed by atoms with Gasteiger partial charge in [-0.15, -0.1) is 0 Å². The van der Waals surface area contributed by atoms with Crippen molar-refractivity contribution in [1.29, 1.82) is 0 Å². The summed E-state index contributed by atoms with van der Waals surface area (Å²) in [7, 11) is 0. The molecule has 1 saturated heterocycles. The molecule has 2 saturated carbocycles. The van der Waals surface area contributed by atoms with Crippen LogP contribution in [0.5, 0.6) is 0 Å². The largest absolute Gasteiger partial charge is 0.458 e. The summed E-state index contributed by atoms with van der Waals surface area (Å²) in [6.07, 6.45) is 14.3. The number of rotatable bonds is 0. The van der Waals surface area contributed by atoms with E-state index in [0.29, 0.717) is 30.6 Å². The molecule has 0 aromatic rings. The highest BCUT2D eigenvalue weighted by molar-refractivity contribution is 5.92. The molecule has 3 unspecified atom stereocenters. The monoisotopic (exact) mass is 340 g/mol. The second-order valence-corrected chi connectivity index (χ2v) is 9.60. The lowest BCUT2D eigenvalue weighted by atomic mass is 9.48. The number of hydrogen-bond acceptors (Lipinski definition) is 3. The molecule has 0 aromatic carbocycles. The van der Waals surface area contributed by atoms with Crippen LogP contribution in [0.4, 0.5) is 0 Å². The second kappa shape index (κ2) is 4.86. The molecule has 5 aliphatic rings. The van der Waals surface area contributed by atoms with E-state index in [-0.39, 0.29) is 28.2 Å². The number of fused-ring (bicyclic) bond motifs is 6. The Morgan fingerprint density at radius 2 is 1.80 bits per heavy atom. The maximum atomic E-state index is 11.9. The molecule has 1 aliphatic heterocycles. The molecular formula is C22H28O3. The number of allylic oxidation sites excluding steroid dienone is 4. The summed E-state index contributed by atoms with van der Waals surface area (Å²) in [6.45, 7) is 4.78. The molecule has 0 radical (unpaired) electrons. The van der Waals surface area contributed by atoms with E-state index in [1.165, 1.54) is 18.4 Å². The molecule has 0 bridgehead atoms. The Hall–Kier alpha value is -1.38. The first kappa shape index (κ1) is 15.8. The lowest BCUT2D eigenvalue weighted by molar-refractivity contribution is -0.165. The minimum Gasteiger partial charge on any atom is -0.458 e. The minimum atomic E-state index is -0.201. The number of hydrogen-bond donors (Lipinski definition) is 0. The van der Waals surface area contributed by atoms with Crippen molar-refractivity contribution in [3.8, 4) is 0 Å². The Kier molecular flexibility index (Phi) is 3.08. The fraction of sp³-hybridized carbons (Fsp3) is 0.727. The average Bonchev–Trinajstić information content (AvgIpc) is 3.10. The van der Waals surface area contributed by atoms with E-state index < -0.39 is 0 Å². The first-order chi connectivity index (χ1) is 11.9. The lowest BCUT2D eigenvalue weighted by Crippen LogP contribution is -2.53. The minimum absolute atomic E-state index is 0.00570. The molecule has 25 heavy (non-hydrogen) atoms. The van der Waals surface area contributed by atoms with Crippen molar-refractivity contribution in [2.75, 3.05) is 0 Å². The van der Waals surface area contributed by atoms with Gasteiger partial charge in [-0.25, -0.2) is 0 Å². The summed E-state index contributed by atoms with van der Waals surface area (Å²) < 4.78 is 5.99. The van der Waals surface area contributed by atoms with Crippen molar-refractivity contribution in [3.63, 3.8) is 0 Å². The Bertz CT molecular complexity index is 719. The van der Waals surface area contributed by atoms with Crippen molar-refractivity contribution in [2.45, 2.75) is 70.8 Å². The number of ether oxygens (including phenoxy) is 1. The molecule has 0 N–H and O–H groups in total. The highest BCUT2D eigenvalue weighted by Crippen LogP contribution is 2.68. The number of ketones is 1. The molecule has 0 aromatic heterocycles. The van der Waals surface area contributed by atoms with Crippen LogP contribution in [0.3, 0.4) is 0 Å². The van der Waals surface area contributed by atoms with Crippen LogP contribution in [0.15, 0.2) is 23.8 Å². The Labute approximate surface area is 149 Å². The third-order valence-electron chi connectivity index (χ3n) is 8.85. The van der Waals surface area contributed by atoms with Crippen molar-refractivity contribution in [2.24, 2.45) is 28.6 Å². The van der Waals surface area contributed by atoms with Crippen LogP contribution in [0.1, 0.15) is 65.2 Å². The van der Waals surface area contributed by atoms with Crippen LogP contribution in [0.25, 0.3) is 0 Å². The van der Waals surface area contributed by atoms with E-state index in [1.54, 1.807) is 0 Å². The van der Waals surface area contributed by atoms with E-state index in [0.717, 1.165) is 25.7 Å². The molecular weight excluding hydrogens is 312 g/mol. The molecule has 3 nitrogen and oxygen atoms in total. The lowest BCUT2D eigenvalue weighted by Gasteiger charge is -2.57. The highest BCUT2D eigenvalue weighted by Gasteiger charge is 2.66. The normalized spacial score (nSPS) is 51.0. The highest BCUT2D eigenvalue weighted by atomic mass is 16.6. The zero-order valence-corrected chi connectivity index (χ0v) is 15.3. The third-order valence-corrected chi connectivity index (χ3v) is 8.85. The predicted octanol–water partition coefficient (Wildman–Crippen LogP) is 4.37. The standard InChI is InChI=1S/C22H28O3/c1-20-9-5-15(23)13-14(20)3-4-16-17(20)6-10-21(2)18(16)7-11-22(21)12-8-19(24)25-22/h3-4,13,16-18H,5-12H2,1-2H3/t16-,17?,18?,20+,21+,22?/m1/s1. The van der Waals surface area contributed by atoms with Crippen LogP contribution in [0, 0.1) is 28.6 Å². The van der Waals surface area contributed by atoms with Crippen molar-refractivity contribution < 1.29 is 14.3 Å². The van der Waals surface area contributed by atoms with Gasteiger partial charge in [0.1, 0.15) is 5.60 Å². The van der Waals surface area contributed by atoms with Gasteiger partial charge in [0.15, 0.2) is 5.78 Å². The average molecular weight is 340 g/mol. The molecule has 4 aliphatic carbocycles. The van der Waals surface area contributed by atoms with E-state index >= 15 is 0 Å². The topological polar surface area (TPSA) is 43.4 Å². The van der Waals surface area contributed by atoms with Crippen molar-refractivity contribution in [3.05, 3.63) is 23.8 Å². The van der Waals surface area contributed by atoms with E-state index in [4.69, 9.17) is 4.74 Å². The van der Waals surface area contributed by atoms with E-state index in [1.807, 2.05) is 6.08 Å². The third kappa shape index (κ3) is 1.88. The van der Waals surface area contributed by atoms with Crippen LogP contribution in [-0.4, -0.2) is 17.4 Å². The maximum absolute atomic E-state index is 11.9. The summed E-state index contributed by atoms with van der Waals surface area (Å²) >= 11 is 0. The van der Waals surface area contributed by atoms with Gasteiger partial charge < -0.3 is 4.74 Å². The quantitative estimate of drug-likeness (QED) is 0.615. The van der Waals surface area contributed by atoms with Gasteiger partial charge in [-0.3, -0.25) is 9.59 Å². The predicted molar refractivity (Wildman–Crippen MR) is 94.7 cm³/mol. The van der Waals surface area contributed by atoms with Gasteiger partial charge in [0.2, 0.25) is 0 Å². The molecule has 6 atom stereocenters. The molecule has 3 heteroatoms. The summed E-state index contributed by atoms with van der Waals surface area (Å²) in [5, 5.41) is 0. The summed E-state index contributed by atoms with van der Waals surface area (Å²) in [6, 6.07) is 0. The van der Waals surface area contributed by atoms with Gasteiger partial charge in [0, 0.05) is 18.3 Å². The fourth-order valence-corrected chi connectivity index (χ4v) is 7.29. The first-order valence-corrected chi connectivity index (χ1v) is 10.0. The van der Waals surface area contributed by atoms with E-state index in [2.05, 4.69) is 26.0 Å². The molecule has 5 rings (SSSR count). The van der Waals surface area contributed by atoms with E-state index in [9.17, 15) is 9.59 Å². The molecule has 1 spiro atoms. The summed E-state index contributed by atoms with van der Waals surface area (Å²) in [5.74, 6) is 2.08. The van der Waals surface area contributed by atoms with Crippen molar-refractivity contribution in [1.82, 2.24) is 0 Å².